The van der Waals surface area contributed by atoms with E-state index in [0.717, 1.165) is 17.7 Å². The molecule has 0 bridgehead atoms. The molecule has 0 spiro atoms. The molecule has 1 heterocycles. The van der Waals surface area contributed by atoms with Crippen molar-refractivity contribution in [3.05, 3.63) is 82.5 Å². The van der Waals surface area contributed by atoms with E-state index in [9.17, 15) is 13.6 Å². The van der Waals surface area contributed by atoms with E-state index >= 15 is 0 Å². The number of nitrogens with zero attached hydrogens (tertiary/aromatic N) is 1. The van der Waals surface area contributed by atoms with Gasteiger partial charge >= 0.3 is 5.97 Å². The van der Waals surface area contributed by atoms with Crippen molar-refractivity contribution >= 4 is 34.8 Å². The van der Waals surface area contributed by atoms with Gasteiger partial charge in [0, 0.05) is 17.6 Å². The van der Waals surface area contributed by atoms with Gasteiger partial charge in [0.05, 0.1) is 24.7 Å². The molecular formula is C20H16ClF2N3O2. The molecule has 0 radical (unpaired) electrons. The molecular weight excluding hydrogens is 388 g/mol. The number of methoxy groups -OCH3 is 1. The van der Waals surface area contributed by atoms with E-state index < -0.39 is 17.6 Å². The highest BCUT2D eigenvalue weighted by Crippen LogP contribution is 2.24. The molecule has 28 heavy (non-hydrogen) atoms. The first-order valence-corrected chi connectivity index (χ1v) is 8.63. The number of benzene rings is 2. The van der Waals surface area contributed by atoms with Gasteiger partial charge in [-0.15, -0.1) is 0 Å². The summed E-state index contributed by atoms with van der Waals surface area (Å²) in [6.07, 6.45) is 1.43. The number of esters is 1. The Morgan fingerprint density at radius 2 is 1.89 bits per heavy atom. The van der Waals surface area contributed by atoms with Gasteiger partial charge in [0.1, 0.15) is 23.0 Å². The lowest BCUT2D eigenvalue weighted by Crippen LogP contribution is -2.11. The second-order valence-corrected chi connectivity index (χ2v) is 6.28. The second-order valence-electron chi connectivity index (χ2n) is 5.84. The summed E-state index contributed by atoms with van der Waals surface area (Å²) in [6, 6.07) is 11.8. The summed E-state index contributed by atoms with van der Waals surface area (Å²) in [6.45, 7) is 0.410. The van der Waals surface area contributed by atoms with Crippen molar-refractivity contribution in [2.75, 3.05) is 17.7 Å². The lowest BCUT2D eigenvalue weighted by atomic mass is 10.2. The highest BCUT2D eigenvalue weighted by atomic mass is 35.5. The molecule has 0 saturated carbocycles. The maximum Gasteiger partial charge on any atom is 0.341 e. The Morgan fingerprint density at radius 1 is 1.14 bits per heavy atom. The van der Waals surface area contributed by atoms with Gasteiger partial charge in [-0.1, -0.05) is 23.7 Å². The van der Waals surface area contributed by atoms with Crippen LogP contribution in [0, 0.1) is 11.6 Å². The molecule has 3 rings (SSSR count). The molecule has 144 valence electrons. The van der Waals surface area contributed by atoms with Gasteiger partial charge < -0.3 is 15.4 Å². The molecule has 2 N–H and O–H groups in total. The Balaban J connectivity index is 1.82. The first-order valence-electron chi connectivity index (χ1n) is 8.25. The number of nitrogens with one attached hydrogen (secondary N) is 2. The van der Waals surface area contributed by atoms with Gasteiger partial charge in [-0.3, -0.25) is 0 Å². The molecule has 0 fully saturated rings. The smallest absolute Gasteiger partial charge is 0.341 e. The van der Waals surface area contributed by atoms with Gasteiger partial charge in [0.25, 0.3) is 0 Å². The first-order chi connectivity index (χ1) is 13.5. The number of carbonyl (C=O) groups is 1. The van der Waals surface area contributed by atoms with Gasteiger partial charge in [0.15, 0.2) is 0 Å². The lowest BCUT2D eigenvalue weighted by Gasteiger charge is -2.13. The van der Waals surface area contributed by atoms with Crippen molar-refractivity contribution in [2.45, 2.75) is 6.54 Å². The summed E-state index contributed by atoms with van der Waals surface area (Å²) in [4.78, 5) is 16.4. The molecule has 0 aliphatic carbocycles. The molecule has 0 unspecified atom stereocenters. The minimum absolute atomic E-state index is 0.0564. The summed E-state index contributed by atoms with van der Waals surface area (Å²) in [5.74, 6) is -1.73. The number of hydrogen-bond donors (Lipinski definition) is 2. The maximum absolute atomic E-state index is 13.8. The van der Waals surface area contributed by atoms with Crippen LogP contribution in [0.5, 0.6) is 0 Å². The van der Waals surface area contributed by atoms with Crippen LogP contribution < -0.4 is 10.6 Å². The fourth-order valence-electron chi connectivity index (χ4n) is 2.47. The van der Waals surface area contributed by atoms with Crippen LogP contribution in [-0.2, 0) is 11.3 Å². The zero-order valence-electron chi connectivity index (χ0n) is 14.8. The molecule has 1 aromatic heterocycles. The van der Waals surface area contributed by atoms with E-state index in [0.29, 0.717) is 23.1 Å². The van der Waals surface area contributed by atoms with E-state index in [1.54, 1.807) is 12.1 Å². The highest BCUT2D eigenvalue weighted by molar-refractivity contribution is 6.30. The average Bonchev–Trinajstić information content (AvgIpc) is 2.69. The first kappa shape index (κ1) is 19.6. The van der Waals surface area contributed by atoms with E-state index in [2.05, 4.69) is 15.6 Å². The monoisotopic (exact) mass is 403 g/mol. The van der Waals surface area contributed by atoms with Gasteiger partial charge in [-0.05, 0) is 35.9 Å². The van der Waals surface area contributed by atoms with Crippen LogP contribution in [0.25, 0.3) is 0 Å². The molecule has 8 heteroatoms. The van der Waals surface area contributed by atoms with Crippen LogP contribution in [0.1, 0.15) is 15.9 Å². The van der Waals surface area contributed by atoms with Crippen molar-refractivity contribution in [1.29, 1.82) is 0 Å². The van der Waals surface area contributed by atoms with E-state index in [-0.39, 0.29) is 11.3 Å². The Hall–Kier alpha value is -3.19. The molecule has 0 aliphatic rings. The largest absolute Gasteiger partial charge is 0.465 e. The SMILES string of the molecule is COC(=O)c1cc(Nc2ccc(F)cc2F)cnc1NCc1ccc(Cl)cc1. The fourth-order valence-corrected chi connectivity index (χ4v) is 2.60. The zero-order valence-corrected chi connectivity index (χ0v) is 15.6. The number of ether oxygens (including phenoxy) is 1. The quantitative estimate of drug-likeness (QED) is 0.557. The number of aromatic nitrogens is 1. The Morgan fingerprint density at radius 3 is 2.57 bits per heavy atom. The van der Waals surface area contributed by atoms with Crippen LogP contribution in [-0.4, -0.2) is 18.1 Å². The number of pyridine rings is 1. The summed E-state index contributed by atoms with van der Waals surface area (Å²) in [7, 11) is 1.26. The topological polar surface area (TPSA) is 63.2 Å². The van der Waals surface area contributed by atoms with Crippen molar-refractivity contribution in [1.82, 2.24) is 4.98 Å². The second kappa shape index (κ2) is 8.67. The molecule has 3 aromatic rings. The predicted molar refractivity (Wildman–Crippen MR) is 104 cm³/mol. The lowest BCUT2D eigenvalue weighted by molar-refractivity contribution is 0.0601. The molecule has 0 atom stereocenters. The van der Waals surface area contributed by atoms with E-state index in [1.165, 1.54) is 25.4 Å². The number of halogens is 3. The van der Waals surface area contributed by atoms with Crippen molar-refractivity contribution in [2.24, 2.45) is 0 Å². The van der Waals surface area contributed by atoms with Gasteiger partial charge in [-0.25, -0.2) is 18.6 Å². The maximum atomic E-state index is 13.8. The van der Waals surface area contributed by atoms with E-state index in [1.807, 2.05) is 12.1 Å². The molecule has 5 nitrogen and oxygen atoms in total. The number of carbonyl (C=O) groups excluding carboxylic acids is 1. The molecule has 0 amide bonds. The average molecular weight is 404 g/mol. The van der Waals surface area contributed by atoms with Gasteiger partial charge in [0.2, 0.25) is 0 Å². The van der Waals surface area contributed by atoms with Crippen molar-refractivity contribution in [3.8, 4) is 0 Å². The third kappa shape index (κ3) is 4.75. The predicted octanol–water partition coefficient (Wildman–Crippen LogP) is 5.16. The van der Waals surface area contributed by atoms with Crippen LogP contribution in [0.4, 0.5) is 26.0 Å². The summed E-state index contributed by atoms with van der Waals surface area (Å²) in [5.41, 5.74) is 1.52. The summed E-state index contributed by atoms with van der Waals surface area (Å²) in [5, 5.41) is 6.46. The number of rotatable bonds is 6. The van der Waals surface area contributed by atoms with E-state index in [4.69, 9.17) is 16.3 Å². The fraction of sp³-hybridized carbons (Fsp3) is 0.100. The van der Waals surface area contributed by atoms with Crippen LogP contribution >= 0.6 is 11.6 Å². The Labute approximate surface area is 165 Å². The molecule has 0 saturated heterocycles. The zero-order chi connectivity index (χ0) is 20.1. The molecule has 2 aromatic carbocycles. The number of hydrogen-bond acceptors (Lipinski definition) is 5. The molecule has 0 aliphatic heterocycles. The van der Waals surface area contributed by atoms with Crippen LogP contribution in [0.2, 0.25) is 5.02 Å². The van der Waals surface area contributed by atoms with Crippen molar-refractivity contribution in [3.63, 3.8) is 0 Å². The minimum atomic E-state index is -0.760. The van der Waals surface area contributed by atoms with Gasteiger partial charge in [-0.2, -0.15) is 0 Å². The highest BCUT2D eigenvalue weighted by Gasteiger charge is 2.15. The van der Waals surface area contributed by atoms with Crippen LogP contribution in [0.3, 0.4) is 0 Å². The summed E-state index contributed by atoms with van der Waals surface area (Å²) < 4.78 is 31.7. The third-order valence-corrected chi connectivity index (χ3v) is 4.13. The Bertz CT molecular complexity index is 997. The summed E-state index contributed by atoms with van der Waals surface area (Å²) >= 11 is 5.87. The normalized spacial score (nSPS) is 10.4. The minimum Gasteiger partial charge on any atom is -0.465 e. The standard InChI is InChI=1S/C20H16ClF2N3O2/c1-28-20(27)16-9-15(26-18-7-6-14(22)8-17(18)23)11-25-19(16)24-10-12-2-4-13(21)5-3-12/h2-9,11,26H,10H2,1H3,(H,24,25). The number of anilines is 3. The van der Waals surface area contributed by atoms with Crippen molar-refractivity contribution < 1.29 is 18.3 Å². The van der Waals surface area contributed by atoms with Crippen LogP contribution in [0.15, 0.2) is 54.7 Å². The Kier molecular flexibility index (Phi) is 6.06. The third-order valence-electron chi connectivity index (χ3n) is 3.88.